The number of hydrogen-bond donors (Lipinski definition) is 3. The number of carbonyl (C=O) groups is 2. The zero-order valence-electron chi connectivity index (χ0n) is 11.2. The highest BCUT2D eigenvalue weighted by atomic mass is 16.2. The predicted molar refractivity (Wildman–Crippen MR) is 74.2 cm³/mol. The van der Waals surface area contributed by atoms with Crippen molar-refractivity contribution in [2.45, 2.75) is 25.8 Å². The van der Waals surface area contributed by atoms with Crippen LogP contribution in [-0.4, -0.2) is 31.4 Å². The van der Waals surface area contributed by atoms with E-state index in [1.807, 2.05) is 6.92 Å². The van der Waals surface area contributed by atoms with E-state index in [9.17, 15) is 9.59 Å². The third kappa shape index (κ3) is 3.12. The van der Waals surface area contributed by atoms with Gasteiger partial charge in [0.15, 0.2) is 0 Å². The lowest BCUT2D eigenvalue weighted by Crippen LogP contribution is -2.35. The van der Waals surface area contributed by atoms with Crippen LogP contribution in [0.15, 0.2) is 18.2 Å². The molecule has 1 fully saturated rings. The Kier molecular flexibility index (Phi) is 4.16. The Bertz CT molecular complexity index is 493. The lowest BCUT2D eigenvalue weighted by Gasteiger charge is -2.13. The number of hydrogen-bond acceptors (Lipinski definition) is 3. The third-order valence-corrected chi connectivity index (χ3v) is 3.35. The molecule has 1 aromatic rings. The first kappa shape index (κ1) is 13.5. The maximum Gasteiger partial charge on any atom is 0.251 e. The molecule has 2 rings (SSSR count). The minimum atomic E-state index is -0.126. The van der Waals surface area contributed by atoms with Gasteiger partial charge in [0, 0.05) is 18.3 Å². The minimum absolute atomic E-state index is 0.00621. The zero-order chi connectivity index (χ0) is 13.8. The average Bonchev–Trinajstić information content (AvgIpc) is 2.94. The quantitative estimate of drug-likeness (QED) is 0.761. The molecular formula is C14H19N3O2. The van der Waals surface area contributed by atoms with Crippen LogP contribution in [0.3, 0.4) is 0 Å². The molecule has 0 radical (unpaired) electrons. The largest absolute Gasteiger partial charge is 0.355 e. The second-order valence-electron chi connectivity index (χ2n) is 4.75. The molecule has 0 bridgehead atoms. The van der Waals surface area contributed by atoms with Gasteiger partial charge in [0.2, 0.25) is 5.91 Å². The molecule has 1 aliphatic heterocycles. The third-order valence-electron chi connectivity index (χ3n) is 3.35. The van der Waals surface area contributed by atoms with Gasteiger partial charge in [-0.2, -0.15) is 0 Å². The molecule has 102 valence electrons. The maximum absolute atomic E-state index is 12.0. The van der Waals surface area contributed by atoms with E-state index in [0.717, 1.165) is 30.6 Å². The molecule has 0 aliphatic carbocycles. The van der Waals surface area contributed by atoms with Gasteiger partial charge in [0.05, 0.1) is 6.04 Å². The molecule has 0 saturated carbocycles. The molecule has 0 spiro atoms. The van der Waals surface area contributed by atoms with Crippen molar-refractivity contribution in [3.8, 4) is 0 Å². The maximum atomic E-state index is 12.0. The van der Waals surface area contributed by atoms with Crippen LogP contribution < -0.4 is 16.0 Å². The Morgan fingerprint density at radius 3 is 2.74 bits per heavy atom. The molecule has 2 amide bonds. The summed E-state index contributed by atoms with van der Waals surface area (Å²) in [5.41, 5.74) is 2.23. The standard InChI is InChI=1S/C14H19N3O2/c1-9-8-10(13(18)15-2)5-6-11(9)17-14(19)12-4-3-7-16-12/h5-6,8,12,16H,3-4,7H2,1-2H3,(H,15,18)(H,17,19)/t12-/m1/s1. The second kappa shape index (κ2) is 5.84. The van der Waals surface area contributed by atoms with Gasteiger partial charge < -0.3 is 16.0 Å². The highest BCUT2D eigenvalue weighted by Crippen LogP contribution is 2.18. The topological polar surface area (TPSA) is 70.2 Å². The van der Waals surface area contributed by atoms with Gasteiger partial charge in [-0.1, -0.05) is 0 Å². The number of aryl methyl sites for hydroxylation is 1. The van der Waals surface area contributed by atoms with Crippen molar-refractivity contribution in [1.82, 2.24) is 10.6 Å². The Morgan fingerprint density at radius 2 is 2.16 bits per heavy atom. The molecule has 1 atom stereocenters. The van der Waals surface area contributed by atoms with Crippen LogP contribution in [0.2, 0.25) is 0 Å². The SMILES string of the molecule is CNC(=O)c1ccc(NC(=O)[C@H]2CCCN2)c(C)c1. The Balaban J connectivity index is 2.08. The molecule has 5 nitrogen and oxygen atoms in total. The summed E-state index contributed by atoms with van der Waals surface area (Å²) in [7, 11) is 1.60. The Morgan fingerprint density at radius 1 is 1.37 bits per heavy atom. The van der Waals surface area contributed by atoms with Crippen LogP contribution in [0.25, 0.3) is 0 Å². The van der Waals surface area contributed by atoms with E-state index in [-0.39, 0.29) is 17.9 Å². The van der Waals surface area contributed by atoms with Crippen LogP contribution in [0.5, 0.6) is 0 Å². The molecule has 3 N–H and O–H groups in total. The number of amides is 2. The molecule has 1 heterocycles. The molecular weight excluding hydrogens is 242 g/mol. The van der Waals surface area contributed by atoms with Crippen LogP contribution >= 0.6 is 0 Å². The first-order valence-corrected chi connectivity index (χ1v) is 6.49. The predicted octanol–water partition coefficient (Wildman–Crippen LogP) is 1.05. The van der Waals surface area contributed by atoms with Crippen molar-refractivity contribution < 1.29 is 9.59 Å². The van der Waals surface area contributed by atoms with Gasteiger partial charge in [0.25, 0.3) is 5.91 Å². The van der Waals surface area contributed by atoms with Gasteiger partial charge in [-0.15, -0.1) is 0 Å². The summed E-state index contributed by atoms with van der Waals surface area (Å²) in [6.45, 7) is 2.77. The molecule has 1 aromatic carbocycles. The summed E-state index contributed by atoms with van der Waals surface area (Å²) < 4.78 is 0. The lowest BCUT2D eigenvalue weighted by molar-refractivity contribution is -0.117. The summed E-state index contributed by atoms with van der Waals surface area (Å²) in [4.78, 5) is 23.5. The van der Waals surface area contributed by atoms with Crippen LogP contribution in [-0.2, 0) is 4.79 Å². The van der Waals surface area contributed by atoms with E-state index in [1.54, 1.807) is 25.2 Å². The van der Waals surface area contributed by atoms with E-state index in [0.29, 0.717) is 5.56 Å². The number of nitrogens with one attached hydrogen (secondary N) is 3. The molecule has 19 heavy (non-hydrogen) atoms. The monoisotopic (exact) mass is 261 g/mol. The van der Waals surface area contributed by atoms with Crippen molar-refractivity contribution in [1.29, 1.82) is 0 Å². The average molecular weight is 261 g/mol. The number of rotatable bonds is 3. The van der Waals surface area contributed by atoms with E-state index < -0.39 is 0 Å². The summed E-state index contributed by atoms with van der Waals surface area (Å²) in [5, 5.41) is 8.64. The van der Waals surface area contributed by atoms with Crippen molar-refractivity contribution in [2.75, 3.05) is 18.9 Å². The van der Waals surface area contributed by atoms with E-state index >= 15 is 0 Å². The summed E-state index contributed by atoms with van der Waals surface area (Å²) in [5.74, 6) is -0.133. The molecule has 0 unspecified atom stereocenters. The fourth-order valence-electron chi connectivity index (χ4n) is 2.22. The van der Waals surface area contributed by atoms with Crippen molar-refractivity contribution in [2.24, 2.45) is 0 Å². The normalized spacial score (nSPS) is 18.1. The van der Waals surface area contributed by atoms with Crippen LogP contribution in [0.1, 0.15) is 28.8 Å². The molecule has 1 saturated heterocycles. The summed E-state index contributed by atoms with van der Waals surface area (Å²) in [6.07, 6.45) is 1.91. The van der Waals surface area contributed by atoms with Gasteiger partial charge in [-0.3, -0.25) is 9.59 Å². The first-order chi connectivity index (χ1) is 9.11. The van der Waals surface area contributed by atoms with Gasteiger partial charge in [-0.05, 0) is 50.1 Å². The second-order valence-corrected chi connectivity index (χ2v) is 4.75. The number of carbonyl (C=O) groups excluding carboxylic acids is 2. The zero-order valence-corrected chi connectivity index (χ0v) is 11.2. The van der Waals surface area contributed by atoms with Crippen molar-refractivity contribution in [3.63, 3.8) is 0 Å². The lowest BCUT2D eigenvalue weighted by atomic mass is 10.1. The molecule has 1 aliphatic rings. The molecule has 5 heteroatoms. The van der Waals surface area contributed by atoms with E-state index in [1.165, 1.54) is 0 Å². The first-order valence-electron chi connectivity index (χ1n) is 6.49. The fourth-order valence-corrected chi connectivity index (χ4v) is 2.22. The van der Waals surface area contributed by atoms with Crippen molar-refractivity contribution >= 4 is 17.5 Å². The molecule has 0 aromatic heterocycles. The summed E-state index contributed by atoms with van der Waals surface area (Å²) in [6, 6.07) is 5.16. The van der Waals surface area contributed by atoms with E-state index in [4.69, 9.17) is 0 Å². The summed E-state index contributed by atoms with van der Waals surface area (Å²) >= 11 is 0. The van der Waals surface area contributed by atoms with E-state index in [2.05, 4.69) is 16.0 Å². The van der Waals surface area contributed by atoms with Crippen molar-refractivity contribution in [3.05, 3.63) is 29.3 Å². The minimum Gasteiger partial charge on any atom is -0.355 e. The number of benzene rings is 1. The van der Waals surface area contributed by atoms with Gasteiger partial charge in [-0.25, -0.2) is 0 Å². The number of anilines is 1. The van der Waals surface area contributed by atoms with Gasteiger partial charge in [0.1, 0.15) is 0 Å². The highest BCUT2D eigenvalue weighted by Gasteiger charge is 2.22. The van der Waals surface area contributed by atoms with Gasteiger partial charge >= 0.3 is 0 Å². The Labute approximate surface area is 112 Å². The Hall–Kier alpha value is -1.88. The van der Waals surface area contributed by atoms with Crippen LogP contribution in [0.4, 0.5) is 5.69 Å². The fraction of sp³-hybridized carbons (Fsp3) is 0.429. The van der Waals surface area contributed by atoms with Crippen LogP contribution in [0, 0.1) is 6.92 Å². The smallest absolute Gasteiger partial charge is 0.251 e. The highest BCUT2D eigenvalue weighted by molar-refractivity contribution is 5.98.